The second kappa shape index (κ2) is 22.5. The molecule has 0 amide bonds. The maximum absolute atomic E-state index is 8.52. The third kappa shape index (κ3) is 61.3. The third-order valence-electron chi connectivity index (χ3n) is 0. The molecule has 0 aliphatic heterocycles. The fraction of sp³-hybridized carbons (Fsp3) is 0. The molecule has 0 spiro atoms. The van der Waals surface area contributed by atoms with Crippen molar-refractivity contribution in [1.29, 1.82) is 0 Å². The predicted molar refractivity (Wildman–Crippen MR) is 23.5 cm³/mol. The molecule has 8 heavy (non-hydrogen) atoms. The van der Waals surface area contributed by atoms with Crippen molar-refractivity contribution in [3.8, 4) is 0 Å². The molecular weight excluding hydrogens is 171 g/mol. The summed E-state index contributed by atoms with van der Waals surface area (Å²) in [6.07, 6.45) is 0. The molecule has 3 nitrogen and oxygen atoms in total. The Labute approximate surface area is 126 Å². The summed E-state index contributed by atoms with van der Waals surface area (Å²) in [5.41, 5.74) is 0. The standard InChI is InChI=1S/2Mg.2Na.O3Si.4H/c;;;;1-4(2)3;;;;/q;;2*+1;-2;;;;. The Hall–Kier alpha value is 3.15. The van der Waals surface area contributed by atoms with Crippen molar-refractivity contribution in [2.45, 2.75) is 0 Å². The van der Waals surface area contributed by atoms with Crippen LogP contribution in [0.4, 0.5) is 0 Å². The average Bonchev–Trinajstić information content (AvgIpc) is 0.811. The molecule has 0 rings (SSSR count). The van der Waals surface area contributed by atoms with Crippen LogP contribution in [0.15, 0.2) is 0 Å². The summed E-state index contributed by atoms with van der Waals surface area (Å²) >= 11 is 0. The van der Waals surface area contributed by atoms with Gasteiger partial charge < -0.3 is 14.1 Å². The fourth-order valence-electron chi connectivity index (χ4n) is 0. The van der Waals surface area contributed by atoms with Crippen LogP contribution in [-0.4, -0.2) is 55.3 Å². The maximum atomic E-state index is 8.52. The van der Waals surface area contributed by atoms with Gasteiger partial charge in [0.25, 0.3) is 0 Å². The molecule has 0 saturated carbocycles. The molecule has 0 heterocycles. The smallest absolute Gasteiger partial charge is 0.672 e. The molecule has 0 fully saturated rings. The summed E-state index contributed by atoms with van der Waals surface area (Å²) < 4.78 is 8.52. The minimum atomic E-state index is -3.63. The molecule has 0 saturated heterocycles. The normalized spacial score (nSPS) is 3.00. The zero-order valence-electron chi connectivity index (χ0n) is 3.72. The number of hydrogen-bond acceptors (Lipinski definition) is 3. The van der Waals surface area contributed by atoms with Gasteiger partial charge in [-0.2, -0.15) is 0 Å². The third-order valence-corrected chi connectivity index (χ3v) is 0. The van der Waals surface area contributed by atoms with Crippen LogP contribution in [0.5, 0.6) is 0 Å². The van der Waals surface area contributed by atoms with Gasteiger partial charge in [-0.25, -0.2) is 0 Å². The van der Waals surface area contributed by atoms with Crippen LogP contribution < -0.4 is 68.7 Å². The van der Waals surface area contributed by atoms with Crippen LogP contribution in [0.3, 0.4) is 0 Å². The number of hydrogen-bond donors (Lipinski definition) is 0. The Balaban J connectivity index is -0.00000000750. The first kappa shape index (κ1) is 30.4. The second-order valence-corrected chi connectivity index (χ2v) is 0.750. The second-order valence-electron chi connectivity index (χ2n) is 0.250. The van der Waals surface area contributed by atoms with Crippen molar-refractivity contribution in [3.05, 3.63) is 0 Å². The zero-order valence-corrected chi connectivity index (χ0v) is 8.72. The molecule has 0 aromatic rings. The summed E-state index contributed by atoms with van der Waals surface area (Å²) in [7, 11) is -3.63. The van der Waals surface area contributed by atoms with Gasteiger partial charge in [0.15, 0.2) is 0 Å². The first-order valence-electron chi connectivity index (χ1n) is 0.612. The van der Waals surface area contributed by atoms with Crippen LogP contribution >= 0.6 is 0 Å². The van der Waals surface area contributed by atoms with E-state index in [1.165, 1.54) is 0 Å². The van der Waals surface area contributed by atoms with Crippen LogP contribution in [-0.2, 0) is 4.46 Å². The van der Waals surface area contributed by atoms with Crippen molar-refractivity contribution in [1.82, 2.24) is 0 Å². The Morgan fingerprint density at radius 2 is 1.00 bits per heavy atom. The van der Waals surface area contributed by atoms with Gasteiger partial charge in [-0.1, -0.05) is 0 Å². The molecule has 0 N–H and O–H groups in total. The molecular formula is H4Mg2Na2O3Si. The Bertz CT molecular complexity index is 38.3. The van der Waals surface area contributed by atoms with E-state index in [1.54, 1.807) is 0 Å². The van der Waals surface area contributed by atoms with Gasteiger partial charge in [0.1, 0.15) is 0 Å². The molecule has 0 aromatic carbocycles. The van der Waals surface area contributed by atoms with Gasteiger partial charge in [0.05, 0.1) is 0 Å². The molecule has 0 aromatic heterocycles. The quantitative estimate of drug-likeness (QED) is 0.343. The van der Waals surface area contributed by atoms with E-state index < -0.39 is 9.17 Å². The van der Waals surface area contributed by atoms with Crippen LogP contribution in [0.1, 0.15) is 0 Å². The molecule has 0 aliphatic rings. The van der Waals surface area contributed by atoms with Crippen molar-refractivity contribution in [2.24, 2.45) is 0 Å². The SMILES string of the molecule is O=[Si]([O-])[O-].[MgH2].[MgH2].[Na+].[Na+]. The van der Waals surface area contributed by atoms with Gasteiger partial charge in [0.2, 0.25) is 0 Å². The molecule has 8 heteroatoms. The zero-order chi connectivity index (χ0) is 3.58. The van der Waals surface area contributed by atoms with Gasteiger partial charge >= 0.3 is 105 Å². The van der Waals surface area contributed by atoms with Crippen LogP contribution in [0, 0.1) is 0 Å². The fourth-order valence-corrected chi connectivity index (χ4v) is 0. The maximum Gasteiger partial charge on any atom is 1.00 e. The summed E-state index contributed by atoms with van der Waals surface area (Å²) in [6, 6.07) is 0. The molecule has 32 valence electrons. The van der Waals surface area contributed by atoms with E-state index in [0.717, 1.165) is 0 Å². The van der Waals surface area contributed by atoms with Crippen LogP contribution in [0.25, 0.3) is 0 Å². The summed E-state index contributed by atoms with van der Waals surface area (Å²) in [4.78, 5) is 17.0. The monoisotopic (exact) mass is 174 g/mol. The average molecular weight is 175 g/mol. The molecule has 0 bridgehead atoms. The van der Waals surface area contributed by atoms with Crippen molar-refractivity contribution in [3.63, 3.8) is 0 Å². The summed E-state index contributed by atoms with van der Waals surface area (Å²) in [6.45, 7) is 0. The molecule has 0 aliphatic carbocycles. The Morgan fingerprint density at radius 1 is 1.00 bits per heavy atom. The van der Waals surface area contributed by atoms with Gasteiger partial charge in [-0.05, 0) is 0 Å². The first-order valence-corrected chi connectivity index (χ1v) is 1.84. The summed E-state index contributed by atoms with van der Waals surface area (Å²) in [5.74, 6) is 0. The minimum absolute atomic E-state index is 0. The predicted octanol–water partition coefficient (Wildman–Crippen LogP) is -10.7. The topological polar surface area (TPSA) is 63.2 Å². The molecule has 0 unspecified atom stereocenters. The largest absolute Gasteiger partial charge is 1.00 e. The van der Waals surface area contributed by atoms with Crippen molar-refractivity contribution < 1.29 is 73.2 Å². The number of rotatable bonds is 0. The van der Waals surface area contributed by atoms with Gasteiger partial charge in [-0.15, -0.1) is 0 Å². The van der Waals surface area contributed by atoms with E-state index in [-0.39, 0.29) is 105 Å². The first-order chi connectivity index (χ1) is 1.73. The molecule has 0 atom stereocenters. The Kier molecular flexibility index (Phi) is 85.3. The van der Waals surface area contributed by atoms with Crippen molar-refractivity contribution in [2.75, 3.05) is 0 Å². The van der Waals surface area contributed by atoms with E-state index in [4.69, 9.17) is 14.1 Å². The van der Waals surface area contributed by atoms with E-state index in [1.807, 2.05) is 0 Å². The minimum Gasteiger partial charge on any atom is -0.672 e. The van der Waals surface area contributed by atoms with E-state index >= 15 is 0 Å². The summed E-state index contributed by atoms with van der Waals surface area (Å²) in [5, 5.41) is 0. The van der Waals surface area contributed by atoms with E-state index in [0.29, 0.717) is 0 Å². The molecule has 0 radical (unpaired) electrons. The van der Waals surface area contributed by atoms with Crippen molar-refractivity contribution >= 4 is 55.3 Å². The van der Waals surface area contributed by atoms with E-state index in [2.05, 4.69) is 0 Å². The van der Waals surface area contributed by atoms with E-state index in [9.17, 15) is 0 Å². The van der Waals surface area contributed by atoms with Gasteiger partial charge in [0, 0.05) is 9.17 Å². The van der Waals surface area contributed by atoms with Gasteiger partial charge in [-0.3, -0.25) is 0 Å². The van der Waals surface area contributed by atoms with Crippen LogP contribution in [0.2, 0.25) is 0 Å². The Morgan fingerprint density at radius 3 is 1.00 bits per heavy atom.